The van der Waals surface area contributed by atoms with E-state index in [1.807, 2.05) is 41.8 Å². The zero-order chi connectivity index (χ0) is 17.8. The number of benzene rings is 2. The molecule has 0 atom stereocenters. The molecule has 128 valence electrons. The molecule has 0 N–H and O–H groups in total. The first-order valence-electron chi connectivity index (χ1n) is 7.66. The van der Waals surface area contributed by atoms with E-state index in [0.717, 1.165) is 11.1 Å². The van der Waals surface area contributed by atoms with Gasteiger partial charge in [0.25, 0.3) is 0 Å². The van der Waals surface area contributed by atoms with Gasteiger partial charge in [-0.15, -0.1) is 11.3 Å². The molecule has 1 heterocycles. The Bertz CT molecular complexity index is 859. The summed E-state index contributed by atoms with van der Waals surface area (Å²) in [6, 6.07) is 15.2. The van der Waals surface area contributed by atoms with E-state index in [2.05, 4.69) is 0 Å². The highest BCUT2D eigenvalue weighted by atomic mass is 32.1. The molecule has 0 amide bonds. The van der Waals surface area contributed by atoms with Gasteiger partial charge in [-0.25, -0.2) is 0 Å². The molecule has 0 fully saturated rings. The van der Waals surface area contributed by atoms with Gasteiger partial charge >= 0.3 is 0 Å². The molecule has 1 aromatic heterocycles. The van der Waals surface area contributed by atoms with Gasteiger partial charge in [-0.1, -0.05) is 30.3 Å². The molecule has 2 aromatic carbocycles. The molecule has 3 rings (SSSR count). The molecule has 0 aliphatic rings. The fourth-order valence-electron chi connectivity index (χ4n) is 2.59. The Labute approximate surface area is 150 Å². The van der Waals surface area contributed by atoms with Crippen LogP contribution in [0.3, 0.4) is 0 Å². The van der Waals surface area contributed by atoms with E-state index >= 15 is 0 Å². The van der Waals surface area contributed by atoms with Crippen LogP contribution in [0.1, 0.15) is 15.2 Å². The lowest BCUT2D eigenvalue weighted by molar-refractivity contribution is 0.104. The van der Waals surface area contributed by atoms with Crippen LogP contribution in [-0.2, 0) is 0 Å². The standard InChI is InChI=1S/C20H18O4S/c1-22-16-9-14(10-17(23-2)20(16)24-3)19(21)18-11-15(12-25-18)13-7-5-4-6-8-13/h4-12H,1-3H3. The lowest BCUT2D eigenvalue weighted by Crippen LogP contribution is -2.02. The number of hydrogen-bond acceptors (Lipinski definition) is 5. The summed E-state index contributed by atoms with van der Waals surface area (Å²) in [5.74, 6) is 1.32. The number of rotatable bonds is 6. The van der Waals surface area contributed by atoms with Gasteiger partial charge in [-0.05, 0) is 34.7 Å². The lowest BCUT2D eigenvalue weighted by Gasteiger charge is -2.13. The molecule has 0 aliphatic heterocycles. The van der Waals surface area contributed by atoms with Gasteiger partial charge in [0.15, 0.2) is 11.5 Å². The van der Waals surface area contributed by atoms with Crippen molar-refractivity contribution in [1.29, 1.82) is 0 Å². The molecule has 0 unspecified atom stereocenters. The zero-order valence-corrected chi connectivity index (χ0v) is 15.1. The number of thiophene rings is 1. The third-order valence-electron chi connectivity index (χ3n) is 3.86. The Hall–Kier alpha value is -2.79. The predicted octanol–water partition coefficient (Wildman–Crippen LogP) is 4.67. The van der Waals surface area contributed by atoms with Crippen molar-refractivity contribution < 1.29 is 19.0 Å². The minimum absolute atomic E-state index is 0.0774. The van der Waals surface area contributed by atoms with E-state index in [0.29, 0.717) is 27.7 Å². The van der Waals surface area contributed by atoms with Gasteiger partial charge in [0, 0.05) is 5.56 Å². The quantitative estimate of drug-likeness (QED) is 0.603. The van der Waals surface area contributed by atoms with Crippen molar-refractivity contribution in [2.24, 2.45) is 0 Å². The molecule has 0 bridgehead atoms. The van der Waals surface area contributed by atoms with E-state index in [-0.39, 0.29) is 5.78 Å². The number of methoxy groups -OCH3 is 3. The average molecular weight is 354 g/mol. The third kappa shape index (κ3) is 3.37. The van der Waals surface area contributed by atoms with Crippen LogP contribution in [0.4, 0.5) is 0 Å². The highest BCUT2D eigenvalue weighted by molar-refractivity contribution is 7.12. The van der Waals surface area contributed by atoms with Gasteiger partial charge < -0.3 is 14.2 Å². The summed E-state index contributed by atoms with van der Waals surface area (Å²) in [4.78, 5) is 13.5. The Balaban J connectivity index is 1.97. The van der Waals surface area contributed by atoms with Crippen molar-refractivity contribution in [3.63, 3.8) is 0 Å². The predicted molar refractivity (Wildman–Crippen MR) is 99.3 cm³/mol. The monoisotopic (exact) mass is 354 g/mol. The van der Waals surface area contributed by atoms with Crippen molar-refractivity contribution in [3.05, 3.63) is 64.4 Å². The Morgan fingerprint density at radius 3 is 2.04 bits per heavy atom. The minimum atomic E-state index is -0.0774. The number of hydrogen-bond donors (Lipinski definition) is 0. The van der Waals surface area contributed by atoms with E-state index < -0.39 is 0 Å². The smallest absolute Gasteiger partial charge is 0.203 e. The number of carbonyl (C=O) groups is 1. The molecule has 0 radical (unpaired) electrons. The highest BCUT2D eigenvalue weighted by Crippen LogP contribution is 2.39. The van der Waals surface area contributed by atoms with Gasteiger partial charge in [-0.3, -0.25) is 4.79 Å². The first-order chi connectivity index (χ1) is 12.2. The molecule has 4 nitrogen and oxygen atoms in total. The first-order valence-corrected chi connectivity index (χ1v) is 8.54. The molecular formula is C20H18O4S. The van der Waals surface area contributed by atoms with Crippen molar-refractivity contribution in [1.82, 2.24) is 0 Å². The van der Waals surface area contributed by atoms with Crippen LogP contribution in [0.5, 0.6) is 17.2 Å². The van der Waals surface area contributed by atoms with Crippen molar-refractivity contribution in [2.45, 2.75) is 0 Å². The van der Waals surface area contributed by atoms with E-state index in [9.17, 15) is 4.79 Å². The molecular weight excluding hydrogens is 336 g/mol. The second kappa shape index (κ2) is 7.40. The summed E-state index contributed by atoms with van der Waals surface area (Å²) in [7, 11) is 4.60. The maximum Gasteiger partial charge on any atom is 0.203 e. The normalized spacial score (nSPS) is 10.4. The minimum Gasteiger partial charge on any atom is -0.493 e. The van der Waals surface area contributed by atoms with Crippen LogP contribution in [0.25, 0.3) is 11.1 Å². The van der Waals surface area contributed by atoms with Crippen LogP contribution >= 0.6 is 11.3 Å². The fourth-order valence-corrected chi connectivity index (χ4v) is 3.47. The molecule has 0 saturated heterocycles. The second-order valence-corrected chi connectivity index (χ2v) is 6.22. The molecule has 0 aliphatic carbocycles. The lowest BCUT2D eigenvalue weighted by atomic mass is 10.1. The third-order valence-corrected chi connectivity index (χ3v) is 4.79. The summed E-state index contributed by atoms with van der Waals surface area (Å²) in [6.07, 6.45) is 0. The summed E-state index contributed by atoms with van der Waals surface area (Å²) >= 11 is 1.42. The Kier molecular flexibility index (Phi) is 5.05. The van der Waals surface area contributed by atoms with Crippen LogP contribution in [0.2, 0.25) is 0 Å². The topological polar surface area (TPSA) is 44.8 Å². The molecule has 0 spiro atoms. The van der Waals surface area contributed by atoms with Gasteiger partial charge in [0.2, 0.25) is 11.5 Å². The SMILES string of the molecule is COc1cc(C(=O)c2cc(-c3ccccc3)cs2)cc(OC)c1OC. The molecule has 25 heavy (non-hydrogen) atoms. The summed E-state index contributed by atoms with van der Waals surface area (Å²) < 4.78 is 16.0. The van der Waals surface area contributed by atoms with E-state index in [1.54, 1.807) is 12.1 Å². The maximum absolute atomic E-state index is 12.9. The fraction of sp³-hybridized carbons (Fsp3) is 0.150. The van der Waals surface area contributed by atoms with Crippen LogP contribution in [-0.4, -0.2) is 27.1 Å². The van der Waals surface area contributed by atoms with E-state index in [4.69, 9.17) is 14.2 Å². The van der Waals surface area contributed by atoms with Crippen molar-refractivity contribution >= 4 is 17.1 Å². The largest absolute Gasteiger partial charge is 0.493 e. The van der Waals surface area contributed by atoms with Crippen LogP contribution in [0.15, 0.2) is 53.9 Å². The number of ether oxygens (including phenoxy) is 3. The Morgan fingerprint density at radius 1 is 0.840 bits per heavy atom. The van der Waals surface area contributed by atoms with Crippen LogP contribution < -0.4 is 14.2 Å². The second-order valence-electron chi connectivity index (χ2n) is 5.31. The first kappa shape index (κ1) is 17.0. The number of carbonyl (C=O) groups excluding carboxylic acids is 1. The number of ketones is 1. The highest BCUT2D eigenvalue weighted by Gasteiger charge is 2.19. The summed E-state index contributed by atoms with van der Waals surface area (Å²) in [5.41, 5.74) is 2.61. The summed E-state index contributed by atoms with van der Waals surface area (Å²) in [5, 5.41) is 1.99. The average Bonchev–Trinajstić information content (AvgIpc) is 3.17. The van der Waals surface area contributed by atoms with Crippen molar-refractivity contribution in [2.75, 3.05) is 21.3 Å². The summed E-state index contributed by atoms with van der Waals surface area (Å²) in [6.45, 7) is 0. The zero-order valence-electron chi connectivity index (χ0n) is 14.2. The Morgan fingerprint density at radius 2 is 1.48 bits per heavy atom. The van der Waals surface area contributed by atoms with Crippen LogP contribution in [0, 0.1) is 0 Å². The van der Waals surface area contributed by atoms with E-state index in [1.165, 1.54) is 32.7 Å². The van der Waals surface area contributed by atoms with Gasteiger partial charge in [-0.2, -0.15) is 0 Å². The maximum atomic E-state index is 12.9. The molecule has 5 heteroatoms. The van der Waals surface area contributed by atoms with Gasteiger partial charge in [0.05, 0.1) is 26.2 Å². The molecule has 0 saturated carbocycles. The van der Waals surface area contributed by atoms with Gasteiger partial charge in [0.1, 0.15) is 0 Å². The van der Waals surface area contributed by atoms with Crippen molar-refractivity contribution in [3.8, 4) is 28.4 Å². The molecule has 3 aromatic rings.